The molecule has 0 saturated heterocycles. The fourth-order valence-electron chi connectivity index (χ4n) is 1.53. The summed E-state index contributed by atoms with van der Waals surface area (Å²) in [5.74, 6) is 0. The molecule has 0 bridgehead atoms. The lowest BCUT2D eigenvalue weighted by Crippen LogP contribution is -2.19. The van der Waals surface area contributed by atoms with Crippen molar-refractivity contribution in [2.75, 3.05) is 13.2 Å². The molecule has 0 rings (SSSR count). The summed E-state index contributed by atoms with van der Waals surface area (Å²) in [6, 6.07) is 0. The van der Waals surface area contributed by atoms with Crippen molar-refractivity contribution >= 4 is 6.16 Å². The number of hydrogen-bond donors (Lipinski definition) is 0. The second-order valence-electron chi connectivity index (χ2n) is 6.07. The van der Waals surface area contributed by atoms with E-state index in [1.807, 2.05) is 20.8 Å². The van der Waals surface area contributed by atoms with Crippen LogP contribution in [0.5, 0.6) is 0 Å². The Morgan fingerprint density at radius 2 is 1.44 bits per heavy atom. The number of hydrogen-bond acceptors (Lipinski definition) is 3. The highest BCUT2D eigenvalue weighted by Gasteiger charge is 2.14. The van der Waals surface area contributed by atoms with Gasteiger partial charge in [0.15, 0.2) is 0 Å². The van der Waals surface area contributed by atoms with Crippen molar-refractivity contribution < 1.29 is 14.3 Å². The van der Waals surface area contributed by atoms with Crippen LogP contribution in [0.2, 0.25) is 0 Å². The van der Waals surface area contributed by atoms with E-state index in [2.05, 4.69) is 6.92 Å². The monoisotopic (exact) mass is 258 g/mol. The lowest BCUT2D eigenvalue weighted by Gasteiger charge is -2.17. The van der Waals surface area contributed by atoms with E-state index in [0.717, 1.165) is 12.8 Å². The molecule has 0 heterocycles. The maximum Gasteiger partial charge on any atom is 0.508 e. The largest absolute Gasteiger partial charge is 0.508 e. The van der Waals surface area contributed by atoms with Gasteiger partial charge in [0, 0.05) is 0 Å². The zero-order chi connectivity index (χ0) is 13.9. The Kier molecular flexibility index (Phi) is 9.80. The number of carbonyl (C=O) groups is 1. The minimum Gasteiger partial charge on any atom is -0.434 e. The van der Waals surface area contributed by atoms with Gasteiger partial charge in [-0.25, -0.2) is 4.79 Å². The number of ether oxygens (including phenoxy) is 2. The predicted octanol–water partition coefficient (Wildman–Crippen LogP) is 4.94. The number of rotatable bonds is 9. The Labute approximate surface area is 112 Å². The molecular formula is C15H30O3. The molecule has 0 aromatic rings. The van der Waals surface area contributed by atoms with Gasteiger partial charge in [0.1, 0.15) is 0 Å². The van der Waals surface area contributed by atoms with Crippen molar-refractivity contribution in [3.05, 3.63) is 0 Å². The molecule has 3 nitrogen and oxygen atoms in total. The van der Waals surface area contributed by atoms with E-state index in [4.69, 9.17) is 9.47 Å². The van der Waals surface area contributed by atoms with Crippen molar-refractivity contribution in [2.45, 2.75) is 72.6 Å². The second-order valence-corrected chi connectivity index (χ2v) is 6.07. The first-order chi connectivity index (χ1) is 8.45. The molecule has 0 aromatic carbocycles. The molecule has 0 spiro atoms. The minimum atomic E-state index is -0.532. The van der Waals surface area contributed by atoms with Gasteiger partial charge in [0.25, 0.3) is 0 Å². The van der Waals surface area contributed by atoms with Crippen LogP contribution in [0.1, 0.15) is 72.6 Å². The molecule has 0 aliphatic rings. The normalized spacial score (nSPS) is 11.3. The molecular weight excluding hydrogens is 228 g/mol. The Morgan fingerprint density at radius 1 is 0.889 bits per heavy atom. The van der Waals surface area contributed by atoms with Crippen molar-refractivity contribution in [1.82, 2.24) is 0 Å². The van der Waals surface area contributed by atoms with E-state index in [-0.39, 0.29) is 5.41 Å². The van der Waals surface area contributed by atoms with Crippen LogP contribution in [0.15, 0.2) is 0 Å². The molecule has 18 heavy (non-hydrogen) atoms. The standard InChI is InChI=1S/C15H30O3/c1-5-6-7-8-9-10-11-12-17-14(16)18-13-15(2,3)4/h5-13H2,1-4H3. The first kappa shape index (κ1) is 17.3. The lowest BCUT2D eigenvalue weighted by atomic mass is 9.99. The van der Waals surface area contributed by atoms with E-state index in [0.29, 0.717) is 13.2 Å². The van der Waals surface area contributed by atoms with Crippen LogP contribution in [0, 0.1) is 5.41 Å². The summed E-state index contributed by atoms with van der Waals surface area (Å²) >= 11 is 0. The number of carbonyl (C=O) groups excluding carboxylic acids is 1. The van der Waals surface area contributed by atoms with Crippen LogP contribution in [-0.2, 0) is 9.47 Å². The summed E-state index contributed by atoms with van der Waals surface area (Å²) in [4.78, 5) is 11.2. The van der Waals surface area contributed by atoms with Gasteiger partial charge in [-0.3, -0.25) is 0 Å². The lowest BCUT2D eigenvalue weighted by molar-refractivity contribution is 0.0323. The van der Waals surface area contributed by atoms with Crippen LogP contribution >= 0.6 is 0 Å². The third kappa shape index (κ3) is 13.3. The molecule has 0 saturated carbocycles. The van der Waals surface area contributed by atoms with Gasteiger partial charge in [0.05, 0.1) is 13.2 Å². The van der Waals surface area contributed by atoms with Crippen molar-refractivity contribution in [2.24, 2.45) is 5.41 Å². The van der Waals surface area contributed by atoms with Gasteiger partial charge >= 0.3 is 6.16 Å². The Hall–Kier alpha value is -0.730. The molecule has 0 aromatic heterocycles. The van der Waals surface area contributed by atoms with Crippen molar-refractivity contribution in [1.29, 1.82) is 0 Å². The average Bonchev–Trinajstić information content (AvgIpc) is 2.29. The summed E-state index contributed by atoms with van der Waals surface area (Å²) in [6.07, 6.45) is 8.01. The molecule has 3 heteroatoms. The molecule has 0 fully saturated rings. The van der Waals surface area contributed by atoms with E-state index in [9.17, 15) is 4.79 Å². The number of unbranched alkanes of at least 4 members (excludes halogenated alkanes) is 6. The summed E-state index contributed by atoms with van der Waals surface area (Å²) in [5, 5.41) is 0. The smallest absolute Gasteiger partial charge is 0.434 e. The van der Waals surface area contributed by atoms with Gasteiger partial charge < -0.3 is 9.47 Å². The van der Waals surface area contributed by atoms with Crippen LogP contribution in [0.4, 0.5) is 4.79 Å². The highest BCUT2D eigenvalue weighted by molar-refractivity contribution is 5.59. The van der Waals surface area contributed by atoms with Crippen LogP contribution in [0.3, 0.4) is 0 Å². The van der Waals surface area contributed by atoms with E-state index in [1.165, 1.54) is 32.1 Å². The summed E-state index contributed by atoms with van der Waals surface area (Å²) in [6.45, 7) is 9.18. The molecule has 0 aliphatic carbocycles. The summed E-state index contributed by atoms with van der Waals surface area (Å²) in [7, 11) is 0. The fourth-order valence-corrected chi connectivity index (χ4v) is 1.53. The third-order valence-corrected chi connectivity index (χ3v) is 2.59. The van der Waals surface area contributed by atoms with Crippen LogP contribution < -0.4 is 0 Å². The maximum atomic E-state index is 11.2. The highest BCUT2D eigenvalue weighted by Crippen LogP contribution is 2.13. The zero-order valence-corrected chi connectivity index (χ0v) is 12.6. The van der Waals surface area contributed by atoms with Gasteiger partial charge in [-0.1, -0.05) is 66.2 Å². The van der Waals surface area contributed by atoms with E-state index in [1.54, 1.807) is 0 Å². The van der Waals surface area contributed by atoms with Gasteiger partial charge in [-0.05, 0) is 11.8 Å². The fraction of sp³-hybridized carbons (Fsp3) is 0.933. The van der Waals surface area contributed by atoms with Gasteiger partial charge in [-0.2, -0.15) is 0 Å². The molecule has 0 N–H and O–H groups in total. The first-order valence-corrected chi connectivity index (χ1v) is 7.25. The third-order valence-electron chi connectivity index (χ3n) is 2.59. The Bertz CT molecular complexity index is 206. The second kappa shape index (κ2) is 10.2. The van der Waals surface area contributed by atoms with Crippen molar-refractivity contribution in [3.63, 3.8) is 0 Å². The molecule has 0 unspecified atom stereocenters. The summed E-state index contributed by atoms with van der Waals surface area (Å²) < 4.78 is 10.0. The first-order valence-electron chi connectivity index (χ1n) is 7.25. The predicted molar refractivity (Wildman–Crippen MR) is 74.7 cm³/mol. The Balaban J connectivity index is 3.25. The van der Waals surface area contributed by atoms with Crippen molar-refractivity contribution in [3.8, 4) is 0 Å². The molecule has 108 valence electrons. The molecule has 0 atom stereocenters. The average molecular weight is 258 g/mol. The van der Waals surface area contributed by atoms with Gasteiger partial charge in [0.2, 0.25) is 0 Å². The molecule has 0 amide bonds. The quantitative estimate of drug-likeness (QED) is 0.434. The van der Waals surface area contributed by atoms with Crippen LogP contribution in [-0.4, -0.2) is 19.4 Å². The minimum absolute atomic E-state index is 0.00169. The van der Waals surface area contributed by atoms with Gasteiger partial charge in [-0.15, -0.1) is 0 Å². The molecule has 0 radical (unpaired) electrons. The van der Waals surface area contributed by atoms with E-state index < -0.39 is 6.16 Å². The van der Waals surface area contributed by atoms with E-state index >= 15 is 0 Å². The Morgan fingerprint density at radius 3 is 2.00 bits per heavy atom. The summed E-state index contributed by atoms with van der Waals surface area (Å²) in [5.41, 5.74) is -0.00169. The SMILES string of the molecule is CCCCCCCCCOC(=O)OCC(C)(C)C. The topological polar surface area (TPSA) is 35.5 Å². The molecule has 0 aliphatic heterocycles. The maximum absolute atomic E-state index is 11.2. The highest BCUT2D eigenvalue weighted by atomic mass is 16.7. The zero-order valence-electron chi connectivity index (χ0n) is 12.6. The van der Waals surface area contributed by atoms with Crippen LogP contribution in [0.25, 0.3) is 0 Å².